The van der Waals surface area contributed by atoms with E-state index in [9.17, 15) is 4.79 Å². The van der Waals surface area contributed by atoms with Gasteiger partial charge in [-0.2, -0.15) is 0 Å². The van der Waals surface area contributed by atoms with Gasteiger partial charge in [0.25, 0.3) is 0 Å². The number of nitrogens with zero attached hydrogens (tertiary/aromatic N) is 3. The molecule has 0 aromatic heterocycles. The normalized spacial score (nSPS) is 11.1. The van der Waals surface area contributed by atoms with E-state index in [1.807, 2.05) is 18.7 Å². The van der Waals surface area contributed by atoms with Crippen molar-refractivity contribution >= 4 is 19.7 Å². The Labute approximate surface area is 138 Å². The molecule has 0 heterocycles. The van der Waals surface area contributed by atoms with Crippen LogP contribution in [0.5, 0.6) is 0 Å². The monoisotopic (exact) mass is 335 g/mol. The number of carbonyl (C=O) groups is 1. The Bertz CT molecular complexity index is 532. The maximum Gasteiger partial charge on any atom is 0.369 e. The SMILES string of the molecule is CCCCO[Si](C)(OCCCC)c1ccc(C(=O)N=[N+]=[N-])cc1. The highest BCUT2D eigenvalue weighted by atomic mass is 28.4. The molecule has 0 aliphatic heterocycles. The first kappa shape index (κ1) is 19.4. The number of amides is 1. The zero-order valence-corrected chi connectivity index (χ0v) is 15.1. The Morgan fingerprint density at radius 3 is 2.09 bits per heavy atom. The second-order valence-corrected chi connectivity index (χ2v) is 8.47. The van der Waals surface area contributed by atoms with Gasteiger partial charge in [0.1, 0.15) is 0 Å². The average molecular weight is 335 g/mol. The predicted molar refractivity (Wildman–Crippen MR) is 92.9 cm³/mol. The fraction of sp³-hybridized carbons (Fsp3) is 0.562. The summed E-state index contributed by atoms with van der Waals surface area (Å²) in [6.07, 6.45) is 4.12. The van der Waals surface area contributed by atoms with E-state index in [2.05, 4.69) is 23.9 Å². The summed E-state index contributed by atoms with van der Waals surface area (Å²) in [5.74, 6) is -0.582. The average Bonchev–Trinajstić information content (AvgIpc) is 2.56. The Kier molecular flexibility index (Phi) is 8.58. The van der Waals surface area contributed by atoms with Crippen LogP contribution in [0.3, 0.4) is 0 Å². The fourth-order valence-electron chi connectivity index (χ4n) is 2.04. The Balaban J connectivity index is 2.91. The number of azide groups is 1. The molecule has 6 nitrogen and oxygen atoms in total. The highest BCUT2D eigenvalue weighted by molar-refractivity contribution is 6.79. The number of unbranched alkanes of at least 4 members (excludes halogenated alkanes) is 2. The minimum Gasteiger partial charge on any atom is -0.391 e. The van der Waals surface area contributed by atoms with Crippen LogP contribution in [0.2, 0.25) is 6.55 Å². The molecule has 0 aliphatic rings. The van der Waals surface area contributed by atoms with E-state index in [0.29, 0.717) is 18.8 Å². The highest BCUT2D eigenvalue weighted by Crippen LogP contribution is 2.12. The van der Waals surface area contributed by atoms with E-state index in [0.717, 1.165) is 30.9 Å². The van der Waals surface area contributed by atoms with Gasteiger partial charge in [-0.15, -0.1) is 0 Å². The van der Waals surface area contributed by atoms with E-state index in [1.54, 1.807) is 12.1 Å². The van der Waals surface area contributed by atoms with Crippen molar-refractivity contribution in [2.24, 2.45) is 5.11 Å². The van der Waals surface area contributed by atoms with E-state index >= 15 is 0 Å². The number of hydrogen-bond donors (Lipinski definition) is 0. The van der Waals surface area contributed by atoms with Crippen molar-refractivity contribution in [3.8, 4) is 0 Å². The van der Waals surface area contributed by atoms with Gasteiger partial charge >= 0.3 is 8.56 Å². The first-order chi connectivity index (χ1) is 11.1. The number of hydrogen-bond acceptors (Lipinski definition) is 3. The van der Waals surface area contributed by atoms with Crippen LogP contribution in [0.1, 0.15) is 49.9 Å². The van der Waals surface area contributed by atoms with E-state index < -0.39 is 14.5 Å². The smallest absolute Gasteiger partial charge is 0.369 e. The van der Waals surface area contributed by atoms with Gasteiger partial charge < -0.3 is 8.85 Å². The largest absolute Gasteiger partial charge is 0.391 e. The van der Waals surface area contributed by atoms with E-state index in [-0.39, 0.29) is 0 Å². The molecule has 0 bridgehead atoms. The van der Waals surface area contributed by atoms with E-state index in [1.165, 1.54) is 0 Å². The molecular weight excluding hydrogens is 310 g/mol. The maximum atomic E-state index is 11.6. The predicted octanol–water partition coefficient (Wildman–Crippen LogP) is 4.05. The van der Waals surface area contributed by atoms with Crippen LogP contribution < -0.4 is 5.19 Å². The summed E-state index contributed by atoms with van der Waals surface area (Å²) in [6, 6.07) is 6.99. The standard InChI is InChI=1S/C16H25N3O3Si/c1-4-6-12-21-23(3,22-13-7-5-2)15-10-8-14(9-11-15)16(20)18-19-17/h8-11H,4-7,12-13H2,1-3H3. The second kappa shape index (κ2) is 10.2. The van der Waals surface area contributed by atoms with Gasteiger partial charge in [-0.05, 0) is 35.2 Å². The van der Waals surface area contributed by atoms with Crippen molar-refractivity contribution in [2.75, 3.05) is 13.2 Å². The van der Waals surface area contributed by atoms with Crippen molar-refractivity contribution in [1.29, 1.82) is 0 Å². The fourth-order valence-corrected chi connectivity index (χ4v) is 4.30. The third-order valence-corrected chi connectivity index (χ3v) is 6.43. The minimum atomic E-state index is -2.49. The first-order valence-corrected chi connectivity index (χ1v) is 10.4. The second-order valence-electron chi connectivity index (χ2n) is 5.42. The summed E-state index contributed by atoms with van der Waals surface area (Å²) in [7, 11) is -2.49. The molecule has 126 valence electrons. The molecule has 0 aliphatic carbocycles. The zero-order chi connectivity index (χ0) is 17.1. The van der Waals surface area contributed by atoms with Crippen LogP contribution in [0.15, 0.2) is 29.4 Å². The minimum absolute atomic E-state index is 0.366. The van der Waals surface area contributed by atoms with Gasteiger partial charge in [0, 0.05) is 23.7 Å². The lowest BCUT2D eigenvalue weighted by atomic mass is 10.2. The quantitative estimate of drug-likeness (QED) is 0.212. The molecule has 1 aromatic rings. The van der Waals surface area contributed by atoms with Crippen molar-refractivity contribution in [2.45, 2.75) is 46.1 Å². The molecule has 0 spiro atoms. The van der Waals surface area contributed by atoms with Gasteiger partial charge in [-0.3, -0.25) is 4.79 Å². The molecule has 7 heteroatoms. The molecule has 1 aromatic carbocycles. The molecule has 0 unspecified atom stereocenters. The molecule has 0 saturated heterocycles. The van der Waals surface area contributed by atoms with Crippen molar-refractivity contribution in [3.63, 3.8) is 0 Å². The molecule has 0 atom stereocenters. The van der Waals surface area contributed by atoms with Crippen molar-refractivity contribution in [1.82, 2.24) is 0 Å². The molecular formula is C16H25N3O3Si. The van der Waals surface area contributed by atoms with E-state index in [4.69, 9.17) is 14.4 Å². The first-order valence-electron chi connectivity index (χ1n) is 8.05. The summed E-state index contributed by atoms with van der Waals surface area (Å²) < 4.78 is 12.2. The summed E-state index contributed by atoms with van der Waals surface area (Å²) in [5.41, 5.74) is 8.69. The molecule has 1 rings (SSSR count). The third-order valence-electron chi connectivity index (χ3n) is 3.54. The van der Waals surface area contributed by atoms with Gasteiger partial charge in [-0.1, -0.05) is 51.0 Å². The van der Waals surface area contributed by atoms with Crippen molar-refractivity contribution < 1.29 is 13.6 Å². The van der Waals surface area contributed by atoms with Gasteiger partial charge in [0.2, 0.25) is 5.91 Å². The highest BCUT2D eigenvalue weighted by Gasteiger charge is 2.34. The summed E-state index contributed by atoms with van der Waals surface area (Å²) >= 11 is 0. The van der Waals surface area contributed by atoms with Crippen LogP contribution in [0.4, 0.5) is 0 Å². The zero-order valence-electron chi connectivity index (χ0n) is 14.1. The van der Waals surface area contributed by atoms with Crippen LogP contribution in [0, 0.1) is 0 Å². The summed E-state index contributed by atoms with van der Waals surface area (Å²) in [6.45, 7) is 7.62. The lowest BCUT2D eigenvalue weighted by Gasteiger charge is -2.27. The Hall–Kier alpha value is -1.66. The van der Waals surface area contributed by atoms with Crippen LogP contribution in [-0.2, 0) is 8.85 Å². The lowest BCUT2D eigenvalue weighted by molar-refractivity contribution is 0.100. The molecule has 0 fully saturated rings. The topological polar surface area (TPSA) is 84.3 Å². The summed E-state index contributed by atoms with van der Waals surface area (Å²) in [4.78, 5) is 14.1. The molecule has 0 saturated carbocycles. The molecule has 0 radical (unpaired) electrons. The number of rotatable bonds is 10. The van der Waals surface area contributed by atoms with Gasteiger partial charge in [0.05, 0.1) is 0 Å². The number of benzene rings is 1. The Morgan fingerprint density at radius 1 is 1.13 bits per heavy atom. The number of carbonyl (C=O) groups excluding carboxylic acids is 1. The van der Waals surface area contributed by atoms with Gasteiger partial charge in [-0.25, -0.2) is 0 Å². The van der Waals surface area contributed by atoms with Crippen LogP contribution in [0.25, 0.3) is 10.4 Å². The maximum absolute atomic E-state index is 11.6. The molecule has 23 heavy (non-hydrogen) atoms. The van der Waals surface area contributed by atoms with Crippen LogP contribution >= 0.6 is 0 Å². The molecule has 0 N–H and O–H groups in total. The van der Waals surface area contributed by atoms with Crippen molar-refractivity contribution in [3.05, 3.63) is 40.3 Å². The molecule has 1 amide bonds. The third kappa shape index (κ3) is 6.15. The van der Waals surface area contributed by atoms with Gasteiger partial charge in [0.15, 0.2) is 0 Å². The Morgan fingerprint density at radius 2 is 1.65 bits per heavy atom. The lowest BCUT2D eigenvalue weighted by Crippen LogP contribution is -2.51. The summed E-state index contributed by atoms with van der Waals surface area (Å²) in [5, 5.41) is 4.07. The van der Waals surface area contributed by atoms with Crippen LogP contribution in [-0.4, -0.2) is 27.7 Å².